The molecule has 1 heterocycles. The Morgan fingerprint density at radius 3 is 2.68 bits per heavy atom. The zero-order chi connectivity index (χ0) is 15.4. The van der Waals surface area contributed by atoms with Crippen LogP contribution < -0.4 is 5.32 Å². The van der Waals surface area contributed by atoms with Crippen LogP contribution in [0.4, 0.5) is 0 Å². The third kappa shape index (κ3) is 3.37. The number of hydrogen-bond donors (Lipinski definition) is 1. The first-order chi connectivity index (χ1) is 10.6. The Bertz CT molecular complexity index is 729. The summed E-state index contributed by atoms with van der Waals surface area (Å²) < 4.78 is 2.12. The maximum absolute atomic E-state index is 4.07. The van der Waals surface area contributed by atoms with Gasteiger partial charge in [0, 0.05) is 24.5 Å². The van der Waals surface area contributed by atoms with Crippen LogP contribution in [0.25, 0.3) is 10.8 Å². The molecule has 0 aliphatic rings. The highest BCUT2D eigenvalue weighted by atomic mass is 15.0. The quantitative estimate of drug-likeness (QED) is 0.697. The van der Waals surface area contributed by atoms with Crippen LogP contribution in [0.3, 0.4) is 0 Å². The van der Waals surface area contributed by atoms with E-state index in [1.165, 1.54) is 16.3 Å². The van der Waals surface area contributed by atoms with Crippen LogP contribution in [0.2, 0.25) is 0 Å². The zero-order valence-corrected chi connectivity index (χ0v) is 13.3. The number of aryl methyl sites for hydroxylation is 1. The lowest BCUT2D eigenvalue weighted by atomic mass is 9.92. The molecule has 3 aromatic rings. The summed E-state index contributed by atoms with van der Waals surface area (Å²) in [6, 6.07) is 15.2. The molecule has 1 N–H and O–H groups in total. The van der Waals surface area contributed by atoms with E-state index in [0.29, 0.717) is 0 Å². The minimum absolute atomic E-state index is 0.0288. The smallest absolute Gasteiger partial charge is 0.0945 e. The normalized spacial score (nSPS) is 11.9. The van der Waals surface area contributed by atoms with Crippen LogP contribution in [0, 0.1) is 0 Å². The molecule has 0 atom stereocenters. The second-order valence-corrected chi connectivity index (χ2v) is 6.27. The summed E-state index contributed by atoms with van der Waals surface area (Å²) in [4.78, 5) is 4.07. The predicted molar refractivity (Wildman–Crippen MR) is 91.8 cm³/mol. The van der Waals surface area contributed by atoms with Crippen LogP contribution in [0.1, 0.15) is 25.8 Å². The Balaban J connectivity index is 1.63. The molecule has 0 bridgehead atoms. The molecule has 0 radical (unpaired) electrons. The van der Waals surface area contributed by atoms with Gasteiger partial charge in [0.05, 0.1) is 6.33 Å². The topological polar surface area (TPSA) is 29.9 Å². The maximum atomic E-state index is 4.07. The van der Waals surface area contributed by atoms with Crippen molar-refractivity contribution in [1.82, 2.24) is 14.9 Å². The number of imidazole rings is 1. The van der Waals surface area contributed by atoms with Crippen molar-refractivity contribution in [2.24, 2.45) is 0 Å². The third-order valence-electron chi connectivity index (χ3n) is 4.19. The second kappa shape index (κ2) is 6.32. The van der Waals surface area contributed by atoms with Crippen molar-refractivity contribution in [2.75, 3.05) is 6.54 Å². The molecule has 3 nitrogen and oxygen atoms in total. The first-order valence-corrected chi connectivity index (χ1v) is 7.85. The average molecular weight is 293 g/mol. The first-order valence-electron chi connectivity index (χ1n) is 7.85. The lowest BCUT2D eigenvalue weighted by molar-refractivity contribution is 0.393. The van der Waals surface area contributed by atoms with E-state index in [1.54, 1.807) is 0 Å². The summed E-state index contributed by atoms with van der Waals surface area (Å²) in [6.07, 6.45) is 6.79. The van der Waals surface area contributed by atoms with Crippen molar-refractivity contribution in [3.63, 3.8) is 0 Å². The van der Waals surface area contributed by atoms with Crippen molar-refractivity contribution in [2.45, 2.75) is 32.4 Å². The van der Waals surface area contributed by atoms with Crippen LogP contribution in [-0.2, 0) is 12.1 Å². The Morgan fingerprint density at radius 1 is 1.09 bits per heavy atom. The van der Waals surface area contributed by atoms with Crippen molar-refractivity contribution in [3.8, 4) is 0 Å². The number of aromatic nitrogens is 2. The molecule has 3 rings (SSSR count). The van der Waals surface area contributed by atoms with Gasteiger partial charge in [-0.05, 0) is 49.2 Å². The molecule has 0 aliphatic heterocycles. The van der Waals surface area contributed by atoms with E-state index < -0.39 is 0 Å². The van der Waals surface area contributed by atoms with E-state index in [9.17, 15) is 0 Å². The molecule has 0 fully saturated rings. The van der Waals surface area contributed by atoms with Crippen LogP contribution in [0.15, 0.2) is 61.2 Å². The standard InChI is InChI=1S/C19H23N3/c1-19(2,21-10-5-12-22-13-11-20-15-22)18-9-8-16-6-3-4-7-17(16)14-18/h3-4,6-9,11,13-15,21H,5,10,12H2,1-2H3. The molecule has 2 aromatic carbocycles. The predicted octanol–water partition coefficient (Wildman–Crippen LogP) is 3.95. The van der Waals surface area contributed by atoms with E-state index in [-0.39, 0.29) is 5.54 Å². The summed E-state index contributed by atoms with van der Waals surface area (Å²) in [5.41, 5.74) is 1.30. The summed E-state index contributed by atoms with van der Waals surface area (Å²) in [5.74, 6) is 0. The number of rotatable bonds is 6. The molecule has 1 aromatic heterocycles. The molecule has 0 aliphatic carbocycles. The highest BCUT2D eigenvalue weighted by molar-refractivity contribution is 5.83. The highest BCUT2D eigenvalue weighted by Gasteiger charge is 2.19. The summed E-state index contributed by atoms with van der Waals surface area (Å²) in [5, 5.41) is 6.26. The van der Waals surface area contributed by atoms with Crippen LogP contribution in [-0.4, -0.2) is 16.1 Å². The lowest BCUT2D eigenvalue weighted by Gasteiger charge is -2.27. The van der Waals surface area contributed by atoms with Crippen molar-refractivity contribution >= 4 is 10.8 Å². The zero-order valence-electron chi connectivity index (χ0n) is 13.3. The summed E-state index contributed by atoms with van der Waals surface area (Å²) in [6.45, 7) is 6.47. The van der Waals surface area contributed by atoms with Crippen molar-refractivity contribution in [1.29, 1.82) is 0 Å². The second-order valence-electron chi connectivity index (χ2n) is 6.27. The lowest BCUT2D eigenvalue weighted by Crippen LogP contribution is -2.37. The van der Waals surface area contributed by atoms with Gasteiger partial charge in [-0.25, -0.2) is 4.98 Å². The van der Waals surface area contributed by atoms with Gasteiger partial charge in [-0.3, -0.25) is 0 Å². The van der Waals surface area contributed by atoms with Crippen LogP contribution >= 0.6 is 0 Å². The Hall–Kier alpha value is -2.13. The Kier molecular flexibility index (Phi) is 4.25. The first kappa shape index (κ1) is 14.8. The van der Waals surface area contributed by atoms with Gasteiger partial charge in [0.1, 0.15) is 0 Å². The number of benzene rings is 2. The Labute approximate surface area is 132 Å². The van der Waals surface area contributed by atoms with Gasteiger partial charge in [0.15, 0.2) is 0 Å². The van der Waals surface area contributed by atoms with Crippen molar-refractivity contribution < 1.29 is 0 Å². The number of nitrogens with zero attached hydrogens (tertiary/aromatic N) is 2. The highest BCUT2D eigenvalue weighted by Crippen LogP contribution is 2.24. The number of fused-ring (bicyclic) bond motifs is 1. The fourth-order valence-electron chi connectivity index (χ4n) is 2.76. The van der Waals surface area contributed by atoms with Crippen LogP contribution in [0.5, 0.6) is 0 Å². The molecule has 0 unspecified atom stereocenters. The van der Waals surface area contributed by atoms with E-state index >= 15 is 0 Å². The Morgan fingerprint density at radius 2 is 1.91 bits per heavy atom. The van der Waals surface area contributed by atoms with Gasteiger partial charge in [0.2, 0.25) is 0 Å². The fourth-order valence-corrected chi connectivity index (χ4v) is 2.76. The van der Waals surface area contributed by atoms with Gasteiger partial charge < -0.3 is 9.88 Å². The molecule has 0 amide bonds. The molecular weight excluding hydrogens is 270 g/mol. The van der Waals surface area contributed by atoms with Gasteiger partial charge in [0.25, 0.3) is 0 Å². The monoisotopic (exact) mass is 293 g/mol. The minimum Gasteiger partial charge on any atom is -0.337 e. The van der Waals surface area contributed by atoms with E-state index in [0.717, 1.165) is 19.5 Å². The van der Waals surface area contributed by atoms with E-state index in [2.05, 4.69) is 71.2 Å². The van der Waals surface area contributed by atoms with Gasteiger partial charge in [-0.1, -0.05) is 36.4 Å². The number of hydrogen-bond acceptors (Lipinski definition) is 2. The van der Waals surface area contributed by atoms with E-state index in [4.69, 9.17) is 0 Å². The molecule has 0 spiro atoms. The fraction of sp³-hybridized carbons (Fsp3) is 0.316. The molecule has 22 heavy (non-hydrogen) atoms. The third-order valence-corrected chi connectivity index (χ3v) is 4.19. The average Bonchev–Trinajstić information content (AvgIpc) is 3.04. The van der Waals surface area contributed by atoms with Gasteiger partial charge in [-0.2, -0.15) is 0 Å². The molecular formula is C19H23N3. The van der Waals surface area contributed by atoms with Crippen molar-refractivity contribution in [3.05, 3.63) is 66.7 Å². The molecule has 0 saturated heterocycles. The SMILES string of the molecule is CC(C)(NCCCn1ccnc1)c1ccc2ccccc2c1. The summed E-state index contributed by atoms with van der Waals surface area (Å²) >= 11 is 0. The largest absolute Gasteiger partial charge is 0.337 e. The van der Waals surface area contributed by atoms with Gasteiger partial charge >= 0.3 is 0 Å². The summed E-state index contributed by atoms with van der Waals surface area (Å²) in [7, 11) is 0. The maximum Gasteiger partial charge on any atom is 0.0945 e. The minimum atomic E-state index is -0.0288. The van der Waals surface area contributed by atoms with E-state index in [1.807, 2.05) is 18.7 Å². The number of nitrogens with one attached hydrogen (secondary N) is 1. The molecule has 0 saturated carbocycles. The molecule has 114 valence electrons. The van der Waals surface area contributed by atoms with Gasteiger partial charge in [-0.15, -0.1) is 0 Å². The molecule has 3 heteroatoms.